The van der Waals surface area contributed by atoms with E-state index in [4.69, 9.17) is 4.74 Å². The van der Waals surface area contributed by atoms with Gasteiger partial charge in [-0.15, -0.1) is 0 Å². The molecule has 0 saturated carbocycles. The van der Waals surface area contributed by atoms with Crippen LogP contribution < -0.4 is 5.32 Å². The standard InChI is InChI=1S/C16H24N2O2/c1-12-14(10-11-18(4)16(12,2)3)20-15(19)17-13-8-6-5-7-9-13/h5-9,12,14H,10-11H2,1-4H3,(H,17,19). The lowest BCUT2D eigenvalue weighted by molar-refractivity contribution is -0.0442. The van der Waals surface area contributed by atoms with Crippen molar-refractivity contribution in [3.05, 3.63) is 30.3 Å². The van der Waals surface area contributed by atoms with Gasteiger partial charge in [0.15, 0.2) is 0 Å². The quantitative estimate of drug-likeness (QED) is 0.900. The Morgan fingerprint density at radius 2 is 2.00 bits per heavy atom. The molecule has 4 nitrogen and oxygen atoms in total. The maximum absolute atomic E-state index is 12.0. The minimum absolute atomic E-state index is 0.0371. The molecule has 1 aromatic rings. The van der Waals surface area contributed by atoms with Crippen LogP contribution in [0.5, 0.6) is 0 Å². The number of hydrogen-bond donors (Lipinski definition) is 1. The number of rotatable bonds is 2. The van der Waals surface area contributed by atoms with Gasteiger partial charge in [0.25, 0.3) is 0 Å². The molecule has 2 unspecified atom stereocenters. The van der Waals surface area contributed by atoms with Crippen molar-refractivity contribution in [3.8, 4) is 0 Å². The zero-order chi connectivity index (χ0) is 14.8. The molecule has 0 radical (unpaired) electrons. The van der Waals surface area contributed by atoms with Crippen molar-refractivity contribution in [1.82, 2.24) is 4.90 Å². The van der Waals surface area contributed by atoms with Crippen LogP contribution in [0.15, 0.2) is 30.3 Å². The van der Waals surface area contributed by atoms with Gasteiger partial charge in [-0.25, -0.2) is 4.79 Å². The largest absolute Gasteiger partial charge is 0.446 e. The zero-order valence-electron chi connectivity index (χ0n) is 12.7. The lowest BCUT2D eigenvalue weighted by atomic mass is 9.79. The molecule has 0 bridgehead atoms. The molecule has 1 aliphatic heterocycles. The second-order valence-corrected chi connectivity index (χ2v) is 6.09. The predicted octanol–water partition coefficient (Wildman–Crippen LogP) is 3.35. The van der Waals surface area contributed by atoms with E-state index in [1.54, 1.807) is 0 Å². The Balaban J connectivity index is 1.95. The van der Waals surface area contributed by atoms with E-state index in [9.17, 15) is 4.79 Å². The van der Waals surface area contributed by atoms with E-state index in [2.05, 4.69) is 38.0 Å². The van der Waals surface area contributed by atoms with Crippen LogP contribution in [0.25, 0.3) is 0 Å². The van der Waals surface area contributed by atoms with Crippen molar-refractivity contribution in [3.63, 3.8) is 0 Å². The molecule has 20 heavy (non-hydrogen) atoms. The third-order valence-corrected chi connectivity index (χ3v) is 4.68. The Morgan fingerprint density at radius 3 is 2.65 bits per heavy atom. The number of amides is 1. The molecule has 1 amide bonds. The fourth-order valence-corrected chi connectivity index (χ4v) is 2.63. The number of likely N-dealkylation sites (tertiary alicyclic amines) is 1. The first kappa shape index (κ1) is 14.9. The van der Waals surface area contributed by atoms with Crippen LogP contribution in [0.4, 0.5) is 10.5 Å². The topological polar surface area (TPSA) is 41.6 Å². The van der Waals surface area contributed by atoms with Crippen molar-refractivity contribution < 1.29 is 9.53 Å². The minimum Gasteiger partial charge on any atom is -0.446 e. The third-order valence-electron chi connectivity index (χ3n) is 4.68. The second kappa shape index (κ2) is 5.83. The van der Waals surface area contributed by atoms with Gasteiger partial charge in [0.2, 0.25) is 0 Å². The lowest BCUT2D eigenvalue weighted by Gasteiger charge is -2.48. The van der Waals surface area contributed by atoms with Gasteiger partial charge in [-0.1, -0.05) is 25.1 Å². The van der Waals surface area contributed by atoms with E-state index in [0.717, 1.165) is 18.7 Å². The van der Waals surface area contributed by atoms with Crippen molar-refractivity contribution in [2.24, 2.45) is 5.92 Å². The molecular weight excluding hydrogens is 252 g/mol. The highest BCUT2D eigenvalue weighted by atomic mass is 16.6. The van der Waals surface area contributed by atoms with E-state index >= 15 is 0 Å². The van der Waals surface area contributed by atoms with Crippen LogP contribution in [0.1, 0.15) is 27.2 Å². The molecule has 1 heterocycles. The average Bonchev–Trinajstić information content (AvgIpc) is 2.41. The van der Waals surface area contributed by atoms with Crippen molar-refractivity contribution in [2.75, 3.05) is 18.9 Å². The Labute approximate surface area is 121 Å². The molecule has 0 aromatic heterocycles. The number of nitrogens with one attached hydrogen (secondary N) is 1. The van der Waals surface area contributed by atoms with Gasteiger partial charge in [-0.05, 0) is 39.4 Å². The second-order valence-electron chi connectivity index (χ2n) is 6.09. The van der Waals surface area contributed by atoms with Gasteiger partial charge in [0, 0.05) is 23.7 Å². The molecule has 2 rings (SSSR count). The zero-order valence-corrected chi connectivity index (χ0v) is 12.7. The maximum atomic E-state index is 12.0. The Bertz CT molecular complexity index is 459. The molecule has 0 aliphatic carbocycles. The molecule has 1 aliphatic rings. The summed E-state index contributed by atoms with van der Waals surface area (Å²) >= 11 is 0. The number of hydrogen-bond acceptors (Lipinski definition) is 3. The first-order chi connectivity index (χ1) is 9.41. The molecule has 4 heteroatoms. The predicted molar refractivity (Wildman–Crippen MR) is 80.8 cm³/mol. The summed E-state index contributed by atoms with van der Waals surface area (Å²) in [4.78, 5) is 14.3. The lowest BCUT2D eigenvalue weighted by Crippen LogP contribution is -2.56. The number of benzene rings is 1. The molecular formula is C16H24N2O2. The molecule has 2 atom stereocenters. The van der Waals surface area contributed by atoms with Crippen LogP contribution in [-0.2, 0) is 4.74 Å². The van der Waals surface area contributed by atoms with Crippen LogP contribution in [0.2, 0.25) is 0 Å². The SMILES string of the molecule is CC1C(OC(=O)Nc2ccccc2)CCN(C)C1(C)C. The van der Waals surface area contributed by atoms with E-state index < -0.39 is 0 Å². The number of nitrogens with zero attached hydrogens (tertiary/aromatic N) is 1. The smallest absolute Gasteiger partial charge is 0.411 e. The fourth-order valence-electron chi connectivity index (χ4n) is 2.63. The summed E-state index contributed by atoms with van der Waals surface area (Å²) in [5.41, 5.74) is 0.799. The molecule has 1 aromatic carbocycles. The number of ether oxygens (including phenoxy) is 1. The summed E-state index contributed by atoms with van der Waals surface area (Å²) in [6.07, 6.45) is 0.474. The van der Waals surface area contributed by atoms with Crippen LogP contribution in [0, 0.1) is 5.92 Å². The molecule has 0 spiro atoms. The molecule has 1 saturated heterocycles. The van der Waals surface area contributed by atoms with Gasteiger partial charge in [0.1, 0.15) is 6.10 Å². The summed E-state index contributed by atoms with van der Waals surface area (Å²) in [6, 6.07) is 9.39. The van der Waals surface area contributed by atoms with E-state index in [1.165, 1.54) is 0 Å². The number of carbonyl (C=O) groups excluding carboxylic acids is 1. The third kappa shape index (κ3) is 3.12. The highest BCUT2D eigenvalue weighted by Gasteiger charge is 2.41. The van der Waals surface area contributed by atoms with Gasteiger partial charge in [-0.2, -0.15) is 0 Å². The molecule has 1 fully saturated rings. The average molecular weight is 276 g/mol. The highest BCUT2D eigenvalue weighted by Crippen LogP contribution is 2.33. The summed E-state index contributed by atoms with van der Waals surface area (Å²) in [5.74, 6) is 0.294. The Morgan fingerprint density at radius 1 is 1.35 bits per heavy atom. The van der Waals surface area contributed by atoms with Crippen LogP contribution in [0.3, 0.4) is 0 Å². The van der Waals surface area contributed by atoms with Crippen molar-refractivity contribution >= 4 is 11.8 Å². The molecule has 1 N–H and O–H groups in total. The first-order valence-electron chi connectivity index (χ1n) is 7.15. The van der Waals surface area contributed by atoms with Gasteiger partial charge < -0.3 is 9.64 Å². The number of para-hydroxylation sites is 1. The monoisotopic (exact) mass is 276 g/mol. The van der Waals surface area contributed by atoms with Crippen LogP contribution >= 0.6 is 0 Å². The number of carbonyl (C=O) groups is 1. The minimum atomic E-state index is -0.367. The van der Waals surface area contributed by atoms with Crippen LogP contribution in [-0.4, -0.2) is 36.2 Å². The Kier molecular flexibility index (Phi) is 4.33. The summed E-state index contributed by atoms with van der Waals surface area (Å²) in [7, 11) is 2.12. The van der Waals surface area contributed by atoms with E-state index in [-0.39, 0.29) is 17.7 Å². The first-order valence-corrected chi connectivity index (χ1v) is 7.15. The summed E-state index contributed by atoms with van der Waals surface area (Å²) < 4.78 is 5.61. The van der Waals surface area contributed by atoms with Gasteiger partial charge in [0.05, 0.1) is 0 Å². The number of piperidine rings is 1. The normalized spacial score (nSPS) is 26.0. The van der Waals surface area contributed by atoms with E-state index in [0.29, 0.717) is 5.92 Å². The number of anilines is 1. The van der Waals surface area contributed by atoms with Crippen molar-refractivity contribution in [2.45, 2.75) is 38.8 Å². The highest BCUT2D eigenvalue weighted by molar-refractivity contribution is 5.84. The van der Waals surface area contributed by atoms with E-state index in [1.807, 2.05) is 30.3 Å². The molecule has 110 valence electrons. The summed E-state index contributed by atoms with van der Waals surface area (Å²) in [6.45, 7) is 7.49. The van der Waals surface area contributed by atoms with Gasteiger partial charge in [-0.3, -0.25) is 5.32 Å². The fraction of sp³-hybridized carbons (Fsp3) is 0.562. The summed E-state index contributed by atoms with van der Waals surface area (Å²) in [5, 5.41) is 2.77. The van der Waals surface area contributed by atoms with Gasteiger partial charge >= 0.3 is 6.09 Å². The van der Waals surface area contributed by atoms with Crippen molar-refractivity contribution in [1.29, 1.82) is 0 Å². The Hall–Kier alpha value is -1.55. The maximum Gasteiger partial charge on any atom is 0.411 e.